The van der Waals surface area contributed by atoms with E-state index < -0.39 is 0 Å². The van der Waals surface area contributed by atoms with Crippen molar-refractivity contribution in [2.45, 2.75) is 19.5 Å². The molecule has 2 unspecified atom stereocenters. The number of para-hydroxylation sites is 2. The molecule has 0 saturated heterocycles. The Balaban J connectivity index is 1.60. The van der Waals surface area contributed by atoms with Crippen LogP contribution >= 0.6 is 0 Å². The first-order chi connectivity index (χ1) is 12.1. The first kappa shape index (κ1) is 17.0. The monoisotopic (exact) mass is 338 g/mol. The summed E-state index contributed by atoms with van der Waals surface area (Å²) in [4.78, 5) is 27.2. The van der Waals surface area contributed by atoms with Crippen molar-refractivity contribution in [1.29, 1.82) is 0 Å². The maximum absolute atomic E-state index is 12.3. The summed E-state index contributed by atoms with van der Waals surface area (Å²) >= 11 is 0. The molecule has 2 atom stereocenters. The van der Waals surface area contributed by atoms with Crippen molar-refractivity contribution < 1.29 is 4.79 Å². The number of hydrogen-bond donors (Lipinski definition) is 3. The molecular weight excluding hydrogens is 316 g/mol. The van der Waals surface area contributed by atoms with Gasteiger partial charge in [-0.1, -0.05) is 49.4 Å². The number of rotatable bonds is 6. The fourth-order valence-electron chi connectivity index (χ4n) is 2.91. The van der Waals surface area contributed by atoms with Crippen LogP contribution in [0.3, 0.4) is 0 Å². The van der Waals surface area contributed by atoms with Gasteiger partial charge in [0.15, 0.2) is 0 Å². The topological polar surface area (TPSA) is 92.9 Å². The number of aromatic nitrogens is 2. The first-order valence-corrected chi connectivity index (χ1v) is 8.33. The van der Waals surface area contributed by atoms with Crippen molar-refractivity contribution in [3.63, 3.8) is 0 Å². The van der Waals surface area contributed by atoms with Crippen LogP contribution in [-0.2, 0) is 11.3 Å². The number of aromatic amines is 1. The number of imidazole rings is 1. The minimum Gasteiger partial charge on any atom is -0.354 e. The van der Waals surface area contributed by atoms with E-state index in [2.05, 4.69) is 10.3 Å². The molecule has 130 valence electrons. The zero-order chi connectivity index (χ0) is 17.8. The van der Waals surface area contributed by atoms with Crippen LogP contribution in [0.4, 0.5) is 0 Å². The van der Waals surface area contributed by atoms with Gasteiger partial charge in [0.1, 0.15) is 0 Å². The Morgan fingerprint density at radius 3 is 2.60 bits per heavy atom. The lowest BCUT2D eigenvalue weighted by molar-refractivity contribution is -0.125. The maximum atomic E-state index is 12.3. The van der Waals surface area contributed by atoms with Gasteiger partial charge < -0.3 is 16.0 Å². The van der Waals surface area contributed by atoms with Gasteiger partial charge in [-0.3, -0.25) is 9.36 Å². The summed E-state index contributed by atoms with van der Waals surface area (Å²) in [6.07, 6.45) is 0. The van der Waals surface area contributed by atoms with E-state index in [1.54, 1.807) is 4.57 Å². The van der Waals surface area contributed by atoms with Crippen molar-refractivity contribution in [1.82, 2.24) is 14.9 Å². The summed E-state index contributed by atoms with van der Waals surface area (Å²) in [5.41, 5.74) is 8.56. The van der Waals surface area contributed by atoms with E-state index in [1.807, 2.05) is 61.5 Å². The number of nitrogens with two attached hydrogens (primary N) is 1. The van der Waals surface area contributed by atoms with Crippen molar-refractivity contribution >= 4 is 16.9 Å². The van der Waals surface area contributed by atoms with Crippen LogP contribution in [0.25, 0.3) is 11.0 Å². The molecule has 25 heavy (non-hydrogen) atoms. The molecule has 1 aromatic heterocycles. The fraction of sp³-hybridized carbons (Fsp3) is 0.263. The molecule has 0 saturated carbocycles. The van der Waals surface area contributed by atoms with Gasteiger partial charge in [-0.15, -0.1) is 0 Å². The van der Waals surface area contributed by atoms with Crippen LogP contribution in [-0.4, -0.2) is 22.0 Å². The van der Waals surface area contributed by atoms with Crippen LogP contribution in [0.15, 0.2) is 59.4 Å². The van der Waals surface area contributed by atoms with E-state index in [0.29, 0.717) is 13.1 Å². The number of fused-ring (bicyclic) bond motifs is 1. The van der Waals surface area contributed by atoms with Crippen molar-refractivity contribution in [2.24, 2.45) is 11.7 Å². The Labute approximate surface area is 145 Å². The minimum absolute atomic E-state index is 0.121. The van der Waals surface area contributed by atoms with E-state index in [9.17, 15) is 9.59 Å². The number of carbonyl (C=O) groups is 1. The number of amides is 1. The molecule has 3 rings (SSSR count). The molecule has 6 heteroatoms. The predicted octanol–water partition coefficient (Wildman–Crippen LogP) is 1.78. The summed E-state index contributed by atoms with van der Waals surface area (Å²) < 4.78 is 1.62. The third-order valence-electron chi connectivity index (χ3n) is 4.45. The van der Waals surface area contributed by atoms with Gasteiger partial charge in [0.05, 0.1) is 17.0 Å². The molecule has 0 aliphatic heterocycles. The molecule has 0 radical (unpaired) electrons. The second kappa shape index (κ2) is 7.36. The average molecular weight is 338 g/mol. The fourth-order valence-corrected chi connectivity index (χ4v) is 2.91. The molecular formula is C19H22N4O2. The second-order valence-electron chi connectivity index (χ2n) is 6.12. The Morgan fingerprint density at radius 1 is 1.16 bits per heavy atom. The van der Waals surface area contributed by atoms with E-state index in [-0.39, 0.29) is 23.6 Å². The lowest BCUT2D eigenvalue weighted by Gasteiger charge is -2.19. The zero-order valence-electron chi connectivity index (χ0n) is 14.1. The number of nitrogens with one attached hydrogen (secondary N) is 2. The molecule has 0 aliphatic rings. The highest BCUT2D eigenvalue weighted by molar-refractivity contribution is 5.79. The highest BCUT2D eigenvalue weighted by atomic mass is 16.2. The quantitative estimate of drug-likeness (QED) is 0.639. The van der Waals surface area contributed by atoms with Crippen LogP contribution in [0.2, 0.25) is 0 Å². The number of hydrogen-bond acceptors (Lipinski definition) is 3. The summed E-state index contributed by atoms with van der Waals surface area (Å²) in [6.45, 7) is 2.58. The average Bonchev–Trinajstić information content (AvgIpc) is 2.96. The lowest BCUT2D eigenvalue weighted by atomic mass is 9.95. The largest absolute Gasteiger partial charge is 0.354 e. The summed E-state index contributed by atoms with van der Waals surface area (Å²) in [5, 5.41) is 2.87. The van der Waals surface area contributed by atoms with Crippen molar-refractivity contribution in [2.75, 3.05) is 6.54 Å². The Bertz CT molecular complexity index is 914. The van der Waals surface area contributed by atoms with Crippen molar-refractivity contribution in [3.8, 4) is 0 Å². The minimum atomic E-state index is -0.364. The molecule has 3 aromatic rings. The van der Waals surface area contributed by atoms with E-state index >= 15 is 0 Å². The van der Waals surface area contributed by atoms with Crippen LogP contribution in [0.1, 0.15) is 18.5 Å². The Hall–Kier alpha value is -2.86. The normalized spacial score (nSPS) is 13.5. The summed E-state index contributed by atoms with van der Waals surface area (Å²) in [6, 6.07) is 16.7. The van der Waals surface area contributed by atoms with Gasteiger partial charge in [-0.25, -0.2) is 4.79 Å². The highest BCUT2D eigenvalue weighted by Gasteiger charge is 2.21. The molecule has 0 bridgehead atoms. The second-order valence-corrected chi connectivity index (χ2v) is 6.12. The van der Waals surface area contributed by atoms with E-state index in [4.69, 9.17) is 5.73 Å². The van der Waals surface area contributed by atoms with Crippen LogP contribution in [0, 0.1) is 5.92 Å². The molecule has 0 fully saturated rings. The lowest BCUT2D eigenvalue weighted by Crippen LogP contribution is -2.37. The molecule has 1 amide bonds. The number of benzene rings is 2. The van der Waals surface area contributed by atoms with Gasteiger partial charge in [0, 0.05) is 19.1 Å². The van der Waals surface area contributed by atoms with Crippen molar-refractivity contribution in [3.05, 3.63) is 70.6 Å². The molecule has 2 aromatic carbocycles. The van der Waals surface area contributed by atoms with Crippen LogP contribution < -0.4 is 16.7 Å². The van der Waals surface area contributed by atoms with E-state index in [0.717, 1.165) is 16.6 Å². The number of carbonyl (C=O) groups excluding carboxylic acids is 1. The molecule has 4 N–H and O–H groups in total. The zero-order valence-corrected chi connectivity index (χ0v) is 14.1. The molecule has 1 heterocycles. The maximum Gasteiger partial charge on any atom is 0.326 e. The predicted molar refractivity (Wildman–Crippen MR) is 98.1 cm³/mol. The van der Waals surface area contributed by atoms with E-state index in [1.165, 1.54) is 0 Å². The summed E-state index contributed by atoms with van der Waals surface area (Å²) in [5.74, 6) is -0.480. The standard InChI is InChI=1S/C19H22N4O2/c1-13(17(20)14-7-3-2-4-8-14)18(24)21-11-12-23-16-10-6-5-9-15(16)22-19(23)25/h2-10,13,17H,11-12,20H2,1H3,(H,21,24)(H,22,25). The highest BCUT2D eigenvalue weighted by Crippen LogP contribution is 2.18. The summed E-state index contributed by atoms with van der Waals surface area (Å²) in [7, 11) is 0. The Morgan fingerprint density at radius 2 is 1.84 bits per heavy atom. The van der Waals surface area contributed by atoms with Gasteiger partial charge in [0.25, 0.3) is 0 Å². The third kappa shape index (κ3) is 3.64. The van der Waals surface area contributed by atoms with Gasteiger partial charge in [0.2, 0.25) is 5.91 Å². The van der Waals surface area contributed by atoms with Gasteiger partial charge in [-0.2, -0.15) is 0 Å². The third-order valence-corrected chi connectivity index (χ3v) is 4.45. The SMILES string of the molecule is CC(C(=O)NCCn1c(=O)[nH]c2ccccc21)C(N)c1ccccc1. The van der Waals surface area contributed by atoms with Crippen LogP contribution in [0.5, 0.6) is 0 Å². The number of nitrogens with zero attached hydrogens (tertiary/aromatic N) is 1. The first-order valence-electron chi connectivity index (χ1n) is 8.33. The van der Waals surface area contributed by atoms with Gasteiger partial charge in [-0.05, 0) is 17.7 Å². The Kier molecular flexibility index (Phi) is 5.00. The molecule has 6 nitrogen and oxygen atoms in total. The number of H-pyrrole nitrogens is 1. The molecule has 0 aliphatic carbocycles. The molecule has 0 spiro atoms. The smallest absolute Gasteiger partial charge is 0.326 e. The van der Waals surface area contributed by atoms with Gasteiger partial charge >= 0.3 is 5.69 Å².